The van der Waals surface area contributed by atoms with E-state index in [9.17, 15) is 0 Å². The molecule has 0 aromatic heterocycles. The highest BCUT2D eigenvalue weighted by Gasteiger charge is 2.21. The maximum atomic E-state index is 6.18. The Morgan fingerprint density at radius 1 is 0.523 bits per heavy atom. The fourth-order valence-corrected chi connectivity index (χ4v) is 7.63. The summed E-state index contributed by atoms with van der Waals surface area (Å²) in [6.45, 7) is 0. The van der Waals surface area contributed by atoms with E-state index in [1.807, 2.05) is 12.1 Å². The molecule has 2 aliphatic rings. The second-order valence-electron chi connectivity index (χ2n) is 11.5. The largest absolute Gasteiger partial charge is 0.455 e. The summed E-state index contributed by atoms with van der Waals surface area (Å²) in [5, 5.41) is 7.64. The minimum absolute atomic E-state index is 0.0681. The summed E-state index contributed by atoms with van der Waals surface area (Å²) in [5.74, 6) is 1.84. The van der Waals surface area contributed by atoms with Crippen LogP contribution >= 0.6 is 11.8 Å². The molecular weight excluding hydrogens is 555 g/mol. The van der Waals surface area contributed by atoms with Gasteiger partial charge in [-0.1, -0.05) is 115 Å². The van der Waals surface area contributed by atoms with Gasteiger partial charge >= 0.3 is 0 Å². The molecule has 0 spiro atoms. The highest BCUT2D eigenvalue weighted by Crippen LogP contribution is 2.48. The van der Waals surface area contributed by atoms with Crippen molar-refractivity contribution in [2.24, 2.45) is 4.99 Å². The van der Waals surface area contributed by atoms with E-state index in [1.165, 1.54) is 49.0 Å². The number of aliphatic imine (C=N–C) groups is 1. The second kappa shape index (κ2) is 10.3. The van der Waals surface area contributed by atoms with Gasteiger partial charge < -0.3 is 4.74 Å². The fourth-order valence-electron chi connectivity index (χ4n) is 6.63. The van der Waals surface area contributed by atoms with Crippen LogP contribution < -0.4 is 4.74 Å². The lowest BCUT2D eigenvalue weighted by atomic mass is 9.90. The van der Waals surface area contributed by atoms with E-state index in [2.05, 4.69) is 133 Å². The average Bonchev–Trinajstić information content (AvgIpc) is 3.10. The van der Waals surface area contributed by atoms with Crippen molar-refractivity contribution < 1.29 is 4.74 Å². The maximum Gasteiger partial charge on any atom is 0.141 e. The number of fused-ring (bicyclic) bond motifs is 8. The van der Waals surface area contributed by atoms with Gasteiger partial charge in [-0.25, -0.2) is 0 Å². The molecule has 2 heterocycles. The minimum atomic E-state index is 0.0681. The molecule has 0 aliphatic carbocycles. The van der Waals surface area contributed by atoms with Crippen LogP contribution in [0.25, 0.3) is 43.4 Å². The van der Waals surface area contributed by atoms with Gasteiger partial charge in [0.1, 0.15) is 11.5 Å². The Hall–Kier alpha value is -5.12. The van der Waals surface area contributed by atoms with Gasteiger partial charge in [-0.2, -0.15) is 0 Å². The highest BCUT2D eigenvalue weighted by atomic mass is 32.2. The number of para-hydroxylation sites is 1. The van der Waals surface area contributed by atoms with E-state index in [0.29, 0.717) is 0 Å². The summed E-state index contributed by atoms with van der Waals surface area (Å²) in [5.41, 5.74) is 5.86. The predicted octanol–water partition coefficient (Wildman–Crippen LogP) is 11.6. The average molecular weight is 582 g/mol. The SMILES string of the molecule is C1=CC(c2ccc3c4ccc(-c5ccccc5)cc4c4ccccc4c3c2)=NC(c2ccc3c(c2)Sc2ccccc2O3)C1. The molecule has 0 amide bonds. The summed E-state index contributed by atoms with van der Waals surface area (Å²) in [6.07, 6.45) is 5.33. The van der Waals surface area contributed by atoms with Gasteiger partial charge in [0, 0.05) is 5.56 Å². The lowest BCUT2D eigenvalue weighted by Gasteiger charge is -2.22. The molecule has 0 radical (unpaired) electrons. The number of benzene rings is 7. The third-order valence-corrected chi connectivity index (χ3v) is 9.91. The first-order valence-corrected chi connectivity index (χ1v) is 15.9. The normalized spacial score (nSPS) is 15.5. The van der Waals surface area contributed by atoms with Gasteiger partial charge in [-0.3, -0.25) is 4.99 Å². The number of ether oxygens (including phenoxy) is 1. The van der Waals surface area contributed by atoms with Gasteiger partial charge in [0.05, 0.1) is 21.5 Å². The molecule has 9 rings (SSSR count). The van der Waals surface area contributed by atoms with Crippen molar-refractivity contribution >= 4 is 49.8 Å². The van der Waals surface area contributed by atoms with Crippen LogP contribution in [0.5, 0.6) is 11.5 Å². The predicted molar refractivity (Wildman–Crippen MR) is 185 cm³/mol. The van der Waals surface area contributed by atoms with Crippen molar-refractivity contribution in [3.63, 3.8) is 0 Å². The van der Waals surface area contributed by atoms with Gasteiger partial charge in [0.2, 0.25) is 0 Å². The molecule has 3 heteroatoms. The maximum absolute atomic E-state index is 6.18. The van der Waals surface area contributed by atoms with Gasteiger partial charge in [-0.05, 0) is 97.9 Å². The smallest absolute Gasteiger partial charge is 0.141 e. The van der Waals surface area contributed by atoms with E-state index in [4.69, 9.17) is 9.73 Å². The first-order chi connectivity index (χ1) is 21.8. The molecule has 2 aliphatic heterocycles. The number of dihydropyridines is 1. The Morgan fingerprint density at radius 3 is 2.00 bits per heavy atom. The lowest BCUT2D eigenvalue weighted by molar-refractivity contribution is 0.454. The van der Waals surface area contributed by atoms with Crippen molar-refractivity contribution in [1.82, 2.24) is 0 Å². The summed E-state index contributed by atoms with van der Waals surface area (Å²) in [4.78, 5) is 7.59. The summed E-state index contributed by atoms with van der Waals surface area (Å²) in [6, 6.07) is 48.0. The topological polar surface area (TPSA) is 21.6 Å². The number of allylic oxidation sites excluding steroid dienone is 1. The molecule has 0 bridgehead atoms. The van der Waals surface area contributed by atoms with E-state index in [1.54, 1.807) is 11.8 Å². The molecule has 0 saturated heterocycles. The van der Waals surface area contributed by atoms with E-state index >= 15 is 0 Å². The molecule has 208 valence electrons. The Kier molecular flexibility index (Phi) is 5.92. The molecule has 1 atom stereocenters. The van der Waals surface area contributed by atoms with Crippen LogP contribution in [0, 0.1) is 0 Å². The number of hydrogen-bond donors (Lipinski definition) is 0. The molecule has 0 saturated carbocycles. The van der Waals surface area contributed by atoms with Crippen LogP contribution in [0.3, 0.4) is 0 Å². The Balaban J connectivity index is 1.12. The lowest BCUT2D eigenvalue weighted by Crippen LogP contribution is -2.07. The summed E-state index contributed by atoms with van der Waals surface area (Å²) in [7, 11) is 0. The minimum Gasteiger partial charge on any atom is -0.455 e. The van der Waals surface area contributed by atoms with Gasteiger partial charge in [0.25, 0.3) is 0 Å². The zero-order chi connectivity index (χ0) is 29.0. The van der Waals surface area contributed by atoms with E-state index in [-0.39, 0.29) is 6.04 Å². The Labute approximate surface area is 260 Å². The molecule has 2 nitrogen and oxygen atoms in total. The first kappa shape index (κ1) is 25.4. The monoisotopic (exact) mass is 581 g/mol. The second-order valence-corrected chi connectivity index (χ2v) is 12.5. The molecule has 44 heavy (non-hydrogen) atoms. The van der Waals surface area contributed by atoms with Crippen LogP contribution in [-0.4, -0.2) is 5.71 Å². The quantitative estimate of drug-likeness (QED) is 0.194. The van der Waals surface area contributed by atoms with Crippen molar-refractivity contribution in [2.75, 3.05) is 0 Å². The third kappa shape index (κ3) is 4.24. The summed E-state index contributed by atoms with van der Waals surface area (Å²) < 4.78 is 6.18. The molecule has 7 aromatic rings. The molecular formula is C41H27NOS. The fraction of sp³-hybridized carbons (Fsp3) is 0.0488. The number of hydrogen-bond acceptors (Lipinski definition) is 3. The Morgan fingerprint density at radius 2 is 1.18 bits per heavy atom. The van der Waals surface area contributed by atoms with Gasteiger partial charge in [0.15, 0.2) is 0 Å². The standard InChI is InChI=1S/C41H27NOS/c1-2-9-26(10-3-1)27-17-20-32-33-21-18-28(24-35(33)31-12-5-4-11-30(31)34(32)23-27)36-13-8-14-37(42-36)29-19-22-39-41(25-29)44-40-16-7-6-15-38(40)43-39/h1-13,15-25,37H,14H2. The molecule has 0 N–H and O–H groups in total. The van der Waals surface area contributed by atoms with Crippen molar-refractivity contribution in [3.8, 4) is 22.6 Å². The number of nitrogens with zero attached hydrogens (tertiary/aromatic N) is 1. The molecule has 1 unspecified atom stereocenters. The van der Waals surface area contributed by atoms with Crippen LogP contribution in [0.4, 0.5) is 0 Å². The molecule has 7 aromatic carbocycles. The van der Waals surface area contributed by atoms with Crippen LogP contribution in [0.2, 0.25) is 0 Å². The first-order valence-electron chi connectivity index (χ1n) is 15.1. The van der Waals surface area contributed by atoms with Crippen LogP contribution in [0.15, 0.2) is 160 Å². The van der Waals surface area contributed by atoms with Crippen LogP contribution in [-0.2, 0) is 0 Å². The highest BCUT2D eigenvalue weighted by molar-refractivity contribution is 7.99. The van der Waals surface area contributed by atoms with Crippen molar-refractivity contribution in [3.05, 3.63) is 157 Å². The van der Waals surface area contributed by atoms with E-state index in [0.717, 1.165) is 39.0 Å². The Bertz CT molecular complexity index is 2300. The van der Waals surface area contributed by atoms with E-state index < -0.39 is 0 Å². The zero-order valence-corrected chi connectivity index (χ0v) is 24.7. The van der Waals surface area contributed by atoms with Crippen molar-refractivity contribution in [1.29, 1.82) is 0 Å². The third-order valence-electron chi connectivity index (χ3n) is 8.81. The van der Waals surface area contributed by atoms with Gasteiger partial charge in [-0.15, -0.1) is 0 Å². The zero-order valence-electron chi connectivity index (χ0n) is 23.9. The summed E-state index contributed by atoms with van der Waals surface area (Å²) >= 11 is 1.77. The number of rotatable bonds is 3. The van der Waals surface area contributed by atoms with Crippen LogP contribution in [0.1, 0.15) is 23.6 Å². The van der Waals surface area contributed by atoms with Crippen molar-refractivity contribution in [2.45, 2.75) is 22.3 Å². The molecule has 0 fully saturated rings.